The molecule has 3 rings (SSSR count). The second-order valence-electron chi connectivity index (χ2n) is 5.99. The van der Waals surface area contributed by atoms with Crippen molar-refractivity contribution >= 4 is 40.0 Å². The first-order valence-electron chi connectivity index (χ1n) is 8.28. The number of nitriles is 1. The molecule has 3 aromatic carbocycles. The zero-order valence-electron chi connectivity index (χ0n) is 14.9. The fourth-order valence-electron chi connectivity index (χ4n) is 2.86. The highest BCUT2D eigenvalue weighted by molar-refractivity contribution is 6.30. The third-order valence-corrected chi connectivity index (χ3v) is 4.47. The van der Waals surface area contributed by atoms with Crippen molar-refractivity contribution in [3.63, 3.8) is 0 Å². The van der Waals surface area contributed by atoms with Crippen LogP contribution in [0.2, 0.25) is 5.02 Å². The Morgan fingerprint density at radius 3 is 2.56 bits per heavy atom. The molecule has 0 aromatic heterocycles. The van der Waals surface area contributed by atoms with Gasteiger partial charge in [0, 0.05) is 16.1 Å². The average Bonchev–Trinajstić information content (AvgIpc) is 2.68. The van der Waals surface area contributed by atoms with E-state index >= 15 is 0 Å². The van der Waals surface area contributed by atoms with Gasteiger partial charge < -0.3 is 10.1 Å². The van der Waals surface area contributed by atoms with Crippen molar-refractivity contribution in [1.82, 2.24) is 0 Å². The van der Waals surface area contributed by atoms with Gasteiger partial charge in [-0.15, -0.1) is 0 Å². The fourth-order valence-corrected chi connectivity index (χ4v) is 3.09. The Hall–Kier alpha value is -3.29. The molecule has 0 atom stereocenters. The molecule has 1 amide bonds. The Morgan fingerprint density at radius 2 is 1.89 bits per heavy atom. The maximum absolute atomic E-state index is 12.6. The Balaban J connectivity index is 1.98. The summed E-state index contributed by atoms with van der Waals surface area (Å²) < 4.78 is 5.39. The normalized spacial score (nSPS) is 11.1. The minimum absolute atomic E-state index is 0.0136. The summed E-state index contributed by atoms with van der Waals surface area (Å²) in [7, 11) is 1.61. The lowest BCUT2D eigenvalue weighted by molar-refractivity contribution is -0.112. The molecule has 0 radical (unpaired) electrons. The molecular weight excluding hydrogens is 360 g/mol. The second kappa shape index (κ2) is 7.94. The maximum atomic E-state index is 12.6. The van der Waals surface area contributed by atoms with E-state index in [4.69, 9.17) is 16.3 Å². The van der Waals surface area contributed by atoms with Crippen molar-refractivity contribution < 1.29 is 9.53 Å². The third kappa shape index (κ3) is 3.94. The summed E-state index contributed by atoms with van der Waals surface area (Å²) in [5.41, 5.74) is 2.22. The van der Waals surface area contributed by atoms with Crippen molar-refractivity contribution in [1.29, 1.82) is 5.26 Å². The van der Waals surface area contributed by atoms with Crippen molar-refractivity contribution in [2.45, 2.75) is 6.92 Å². The lowest BCUT2D eigenvalue weighted by Crippen LogP contribution is -2.14. The Morgan fingerprint density at radius 1 is 1.15 bits per heavy atom. The van der Waals surface area contributed by atoms with E-state index in [1.807, 2.05) is 49.4 Å². The number of amides is 1. The molecular formula is C22H17ClN2O2. The Bertz CT molecular complexity index is 1100. The minimum Gasteiger partial charge on any atom is -0.496 e. The molecule has 0 saturated carbocycles. The standard InChI is InChI=1S/C22H17ClN2O2/c1-14-11-17(23)8-9-20(14)25-22(26)16(13-24)12-15-7-10-21(27-2)19-6-4-3-5-18(15)19/h3-12H,1-2H3,(H,25,26)/b16-12+. The topological polar surface area (TPSA) is 62.1 Å². The number of nitrogens with one attached hydrogen (secondary N) is 1. The van der Waals surface area contributed by atoms with Crippen molar-refractivity contribution in [3.05, 3.63) is 76.3 Å². The SMILES string of the molecule is COc1ccc(/C=C(\C#N)C(=O)Nc2ccc(Cl)cc2C)c2ccccc12. The zero-order valence-corrected chi connectivity index (χ0v) is 15.7. The smallest absolute Gasteiger partial charge is 0.266 e. The number of anilines is 1. The Labute approximate surface area is 162 Å². The van der Waals surface area contributed by atoms with Gasteiger partial charge in [0.05, 0.1) is 7.11 Å². The molecule has 3 aromatic rings. The molecule has 5 heteroatoms. The van der Waals surface area contributed by atoms with Crippen molar-refractivity contribution in [3.8, 4) is 11.8 Å². The van der Waals surface area contributed by atoms with Crippen LogP contribution in [0, 0.1) is 18.3 Å². The van der Waals surface area contributed by atoms with Gasteiger partial charge in [-0.2, -0.15) is 5.26 Å². The summed E-state index contributed by atoms with van der Waals surface area (Å²) >= 11 is 5.94. The van der Waals surface area contributed by atoms with Gasteiger partial charge >= 0.3 is 0 Å². The predicted molar refractivity (Wildman–Crippen MR) is 109 cm³/mol. The quantitative estimate of drug-likeness (QED) is 0.492. The van der Waals surface area contributed by atoms with Crippen molar-refractivity contribution in [2.75, 3.05) is 12.4 Å². The maximum Gasteiger partial charge on any atom is 0.266 e. The number of hydrogen-bond acceptors (Lipinski definition) is 3. The highest BCUT2D eigenvalue weighted by Crippen LogP contribution is 2.29. The second-order valence-corrected chi connectivity index (χ2v) is 6.42. The summed E-state index contributed by atoms with van der Waals surface area (Å²) in [5.74, 6) is 0.269. The molecule has 0 fully saturated rings. The van der Waals surface area contributed by atoms with Crippen LogP contribution in [0.5, 0.6) is 5.75 Å². The number of nitrogens with zero attached hydrogens (tertiary/aromatic N) is 1. The summed E-state index contributed by atoms with van der Waals surface area (Å²) in [5, 5.41) is 14.7. The number of methoxy groups -OCH3 is 1. The molecule has 0 spiro atoms. The van der Waals surface area contributed by atoms with Gasteiger partial charge in [0.2, 0.25) is 0 Å². The number of benzene rings is 3. The number of hydrogen-bond donors (Lipinski definition) is 1. The molecule has 27 heavy (non-hydrogen) atoms. The van der Waals surface area contributed by atoms with Crippen LogP contribution in [-0.4, -0.2) is 13.0 Å². The predicted octanol–water partition coefficient (Wildman–Crippen LogP) is 5.36. The van der Waals surface area contributed by atoms with Gasteiger partial charge in [-0.25, -0.2) is 0 Å². The molecule has 0 aliphatic carbocycles. The first-order valence-corrected chi connectivity index (χ1v) is 8.66. The number of aryl methyl sites for hydroxylation is 1. The van der Waals surface area contributed by atoms with Crippen LogP contribution in [0.3, 0.4) is 0 Å². The number of rotatable bonds is 4. The first kappa shape index (κ1) is 18.5. The van der Waals surface area contributed by atoms with Crippen LogP contribution in [0.4, 0.5) is 5.69 Å². The summed E-state index contributed by atoms with van der Waals surface area (Å²) in [6.45, 7) is 1.84. The van der Waals surface area contributed by atoms with E-state index in [2.05, 4.69) is 5.32 Å². The number of halogens is 1. The van der Waals surface area contributed by atoms with Gasteiger partial charge in [0.1, 0.15) is 17.4 Å². The largest absolute Gasteiger partial charge is 0.496 e. The van der Waals surface area contributed by atoms with E-state index in [9.17, 15) is 10.1 Å². The van der Waals surface area contributed by atoms with E-state index in [1.54, 1.807) is 31.4 Å². The molecule has 0 unspecified atom stereocenters. The van der Waals surface area contributed by atoms with Crippen LogP contribution < -0.4 is 10.1 Å². The fraction of sp³-hybridized carbons (Fsp3) is 0.0909. The van der Waals surface area contributed by atoms with Gasteiger partial charge in [-0.3, -0.25) is 4.79 Å². The molecule has 134 valence electrons. The molecule has 0 heterocycles. The average molecular weight is 377 g/mol. The first-order chi connectivity index (χ1) is 13.0. The number of carbonyl (C=O) groups excluding carboxylic acids is 1. The van der Waals surface area contributed by atoms with Crippen LogP contribution >= 0.6 is 11.6 Å². The molecule has 0 saturated heterocycles. The lowest BCUT2D eigenvalue weighted by atomic mass is 10.0. The zero-order chi connectivity index (χ0) is 19.4. The van der Waals surface area contributed by atoms with E-state index < -0.39 is 5.91 Å². The number of carbonyl (C=O) groups is 1. The van der Waals surface area contributed by atoms with Gasteiger partial charge in [-0.05, 0) is 53.8 Å². The summed E-state index contributed by atoms with van der Waals surface area (Å²) in [4.78, 5) is 12.6. The molecule has 0 bridgehead atoms. The number of fused-ring (bicyclic) bond motifs is 1. The van der Waals surface area contributed by atoms with E-state index in [0.717, 1.165) is 27.6 Å². The van der Waals surface area contributed by atoms with E-state index in [-0.39, 0.29) is 5.57 Å². The van der Waals surface area contributed by atoms with E-state index in [0.29, 0.717) is 10.7 Å². The molecule has 0 aliphatic heterocycles. The Kier molecular flexibility index (Phi) is 5.44. The summed E-state index contributed by atoms with van der Waals surface area (Å²) in [6.07, 6.45) is 1.59. The van der Waals surface area contributed by atoms with Crippen LogP contribution in [0.1, 0.15) is 11.1 Å². The van der Waals surface area contributed by atoms with E-state index in [1.165, 1.54) is 0 Å². The van der Waals surface area contributed by atoms with Gasteiger partial charge in [0.25, 0.3) is 5.91 Å². The number of ether oxygens (including phenoxy) is 1. The molecule has 1 N–H and O–H groups in total. The highest BCUT2D eigenvalue weighted by atomic mass is 35.5. The van der Waals surface area contributed by atoms with Crippen molar-refractivity contribution in [2.24, 2.45) is 0 Å². The summed E-state index contributed by atoms with van der Waals surface area (Å²) in [6, 6.07) is 18.5. The molecule has 4 nitrogen and oxygen atoms in total. The highest BCUT2D eigenvalue weighted by Gasteiger charge is 2.13. The minimum atomic E-state index is -0.470. The molecule has 0 aliphatic rings. The third-order valence-electron chi connectivity index (χ3n) is 4.24. The van der Waals surface area contributed by atoms with Gasteiger partial charge in [0.15, 0.2) is 0 Å². The van der Waals surface area contributed by atoms with Crippen LogP contribution in [-0.2, 0) is 4.79 Å². The van der Waals surface area contributed by atoms with Gasteiger partial charge in [-0.1, -0.05) is 41.9 Å². The van der Waals surface area contributed by atoms with Crippen LogP contribution in [0.25, 0.3) is 16.8 Å². The van der Waals surface area contributed by atoms with Crippen LogP contribution in [0.15, 0.2) is 60.2 Å². The lowest BCUT2D eigenvalue weighted by Gasteiger charge is -2.10. The monoisotopic (exact) mass is 376 g/mol.